The van der Waals surface area contributed by atoms with Gasteiger partial charge in [-0.05, 0) is 0 Å². The highest BCUT2D eigenvalue weighted by Crippen LogP contribution is 2.26. The Labute approximate surface area is 87.4 Å². The van der Waals surface area contributed by atoms with Crippen LogP contribution in [0.1, 0.15) is 0 Å². The Kier molecular flexibility index (Phi) is 2.03. The molecule has 0 spiro atoms. The van der Waals surface area contributed by atoms with Gasteiger partial charge in [0, 0.05) is 7.05 Å². The van der Waals surface area contributed by atoms with Crippen LogP contribution in [0.3, 0.4) is 0 Å². The van der Waals surface area contributed by atoms with Crippen LogP contribution in [0.25, 0.3) is 0 Å². The fourth-order valence-electron chi connectivity index (χ4n) is 1.87. The molecule has 0 aromatic carbocycles. The number of carbonyl (C=O) groups excluding carboxylic acids is 1. The first-order valence-electron chi connectivity index (χ1n) is 4.22. The SMILES string of the molecule is CN1C(=O)NS(=O)(=O)[C@@H]2CS(=O)(=O)C[C@@H]21. The van der Waals surface area contributed by atoms with E-state index < -0.39 is 42.9 Å². The maximum atomic E-state index is 11.5. The molecule has 0 aliphatic carbocycles. The molecule has 2 fully saturated rings. The summed E-state index contributed by atoms with van der Waals surface area (Å²) >= 11 is 0. The van der Waals surface area contributed by atoms with E-state index in [-0.39, 0.29) is 5.75 Å². The van der Waals surface area contributed by atoms with E-state index in [0.717, 1.165) is 4.90 Å². The Morgan fingerprint density at radius 1 is 1.27 bits per heavy atom. The van der Waals surface area contributed by atoms with Gasteiger partial charge >= 0.3 is 6.03 Å². The largest absolute Gasteiger partial charge is 0.331 e. The molecule has 0 radical (unpaired) electrons. The molecule has 86 valence electrons. The zero-order chi connectivity index (χ0) is 11.4. The maximum Gasteiger partial charge on any atom is 0.331 e. The van der Waals surface area contributed by atoms with Crippen LogP contribution in [0.15, 0.2) is 0 Å². The number of hydrogen-bond donors (Lipinski definition) is 1. The molecule has 0 saturated carbocycles. The van der Waals surface area contributed by atoms with Crippen molar-refractivity contribution < 1.29 is 21.6 Å². The third-order valence-electron chi connectivity index (χ3n) is 2.72. The number of sulfone groups is 1. The molecule has 0 bridgehead atoms. The van der Waals surface area contributed by atoms with E-state index in [1.165, 1.54) is 7.05 Å². The highest BCUT2D eigenvalue weighted by molar-refractivity contribution is 7.95. The second-order valence-electron chi connectivity index (χ2n) is 3.75. The van der Waals surface area contributed by atoms with Crippen LogP contribution in [0.2, 0.25) is 0 Å². The van der Waals surface area contributed by atoms with Gasteiger partial charge in [-0.15, -0.1) is 0 Å². The van der Waals surface area contributed by atoms with E-state index in [4.69, 9.17) is 0 Å². The monoisotopic (exact) mass is 254 g/mol. The standard InChI is InChI=1S/C6H10N2O5S2/c1-8-4-2-14(10,11)3-5(4)15(12,13)7-6(8)9/h4-5H,2-3H2,1H3,(H,7,9)/t4-,5+/m0/s1. The molecule has 2 atom stereocenters. The summed E-state index contributed by atoms with van der Waals surface area (Å²) in [6.07, 6.45) is 0. The number of rotatable bonds is 0. The fourth-order valence-corrected chi connectivity index (χ4v) is 6.40. The lowest BCUT2D eigenvalue weighted by atomic mass is 10.2. The Morgan fingerprint density at radius 3 is 2.47 bits per heavy atom. The van der Waals surface area contributed by atoms with Crippen LogP contribution < -0.4 is 4.72 Å². The van der Waals surface area contributed by atoms with Crippen LogP contribution in [0, 0.1) is 0 Å². The summed E-state index contributed by atoms with van der Waals surface area (Å²) in [5.41, 5.74) is 0. The Morgan fingerprint density at radius 2 is 1.87 bits per heavy atom. The summed E-state index contributed by atoms with van der Waals surface area (Å²) in [5, 5.41) is -1.04. The molecular formula is C6H10N2O5S2. The van der Waals surface area contributed by atoms with Gasteiger partial charge in [0.25, 0.3) is 0 Å². The lowest BCUT2D eigenvalue weighted by Gasteiger charge is -2.33. The Hall–Kier alpha value is -0.830. The summed E-state index contributed by atoms with van der Waals surface area (Å²) in [4.78, 5) is 12.3. The summed E-state index contributed by atoms with van der Waals surface area (Å²) < 4.78 is 47.4. The lowest BCUT2D eigenvalue weighted by Crippen LogP contribution is -2.60. The average molecular weight is 254 g/mol. The molecule has 2 aliphatic heterocycles. The molecule has 0 aromatic rings. The molecular weight excluding hydrogens is 244 g/mol. The second kappa shape index (κ2) is 2.85. The number of carbonyl (C=O) groups is 1. The maximum absolute atomic E-state index is 11.5. The van der Waals surface area contributed by atoms with E-state index in [1.807, 2.05) is 4.72 Å². The van der Waals surface area contributed by atoms with E-state index in [0.29, 0.717) is 0 Å². The predicted octanol–water partition coefficient (Wildman–Crippen LogP) is -1.86. The topological polar surface area (TPSA) is 101 Å². The Balaban J connectivity index is 2.48. The van der Waals surface area contributed by atoms with Gasteiger partial charge in [0.05, 0.1) is 17.5 Å². The smallest absolute Gasteiger partial charge is 0.322 e. The molecule has 2 amide bonds. The van der Waals surface area contributed by atoms with Crippen LogP contribution in [-0.2, 0) is 19.9 Å². The van der Waals surface area contributed by atoms with Crippen molar-refractivity contribution >= 4 is 25.9 Å². The van der Waals surface area contributed by atoms with Crippen LogP contribution in [0.4, 0.5) is 4.79 Å². The van der Waals surface area contributed by atoms with Gasteiger partial charge < -0.3 is 4.90 Å². The highest BCUT2D eigenvalue weighted by atomic mass is 32.2. The van der Waals surface area contributed by atoms with Crippen molar-refractivity contribution in [3.63, 3.8) is 0 Å². The molecule has 2 saturated heterocycles. The number of nitrogens with one attached hydrogen (secondary N) is 1. The molecule has 9 heteroatoms. The van der Waals surface area contributed by atoms with Crippen molar-refractivity contribution in [1.82, 2.24) is 9.62 Å². The van der Waals surface area contributed by atoms with E-state index >= 15 is 0 Å². The van der Waals surface area contributed by atoms with Crippen LogP contribution in [0.5, 0.6) is 0 Å². The molecule has 1 N–H and O–H groups in total. The number of urea groups is 1. The zero-order valence-electron chi connectivity index (χ0n) is 7.87. The van der Waals surface area contributed by atoms with Gasteiger partial charge in [-0.2, -0.15) is 0 Å². The number of amides is 2. The average Bonchev–Trinajstić information content (AvgIpc) is 2.38. The summed E-state index contributed by atoms with van der Waals surface area (Å²) in [7, 11) is -5.81. The molecule has 2 heterocycles. The zero-order valence-corrected chi connectivity index (χ0v) is 9.51. The third kappa shape index (κ3) is 1.59. The molecule has 2 rings (SSSR count). The molecule has 0 aromatic heterocycles. The van der Waals surface area contributed by atoms with Crippen LogP contribution >= 0.6 is 0 Å². The highest BCUT2D eigenvalue weighted by Gasteiger charge is 2.52. The van der Waals surface area contributed by atoms with Gasteiger partial charge in [-0.25, -0.2) is 26.4 Å². The minimum atomic E-state index is -3.83. The molecule has 15 heavy (non-hydrogen) atoms. The van der Waals surface area contributed by atoms with Crippen molar-refractivity contribution in [2.45, 2.75) is 11.3 Å². The summed E-state index contributed by atoms with van der Waals surface area (Å²) in [5.74, 6) is -0.689. The van der Waals surface area contributed by atoms with E-state index in [9.17, 15) is 21.6 Å². The molecule has 2 aliphatic rings. The van der Waals surface area contributed by atoms with Gasteiger partial charge in [0.1, 0.15) is 5.25 Å². The van der Waals surface area contributed by atoms with Gasteiger partial charge in [-0.1, -0.05) is 0 Å². The minimum absolute atomic E-state index is 0.277. The van der Waals surface area contributed by atoms with Crippen LogP contribution in [-0.4, -0.2) is 57.6 Å². The number of sulfonamides is 1. The van der Waals surface area contributed by atoms with Crippen molar-refractivity contribution in [3.8, 4) is 0 Å². The first kappa shape index (κ1) is 10.7. The second-order valence-corrected chi connectivity index (χ2v) is 7.80. The van der Waals surface area contributed by atoms with Gasteiger partial charge in [0.2, 0.25) is 10.0 Å². The molecule has 7 nitrogen and oxygen atoms in total. The number of fused-ring (bicyclic) bond motifs is 1. The first-order chi connectivity index (χ1) is 6.73. The summed E-state index contributed by atoms with van der Waals surface area (Å²) in [6.45, 7) is 0. The van der Waals surface area contributed by atoms with E-state index in [1.54, 1.807) is 0 Å². The van der Waals surface area contributed by atoms with E-state index in [2.05, 4.69) is 0 Å². The predicted molar refractivity (Wildman–Crippen MR) is 51.4 cm³/mol. The molecule has 0 unspecified atom stereocenters. The summed E-state index contributed by atoms with van der Waals surface area (Å²) in [6, 6.07) is -1.53. The number of nitrogens with zero attached hydrogens (tertiary/aromatic N) is 1. The third-order valence-corrected chi connectivity index (χ3v) is 6.38. The first-order valence-corrected chi connectivity index (χ1v) is 7.58. The lowest BCUT2D eigenvalue weighted by molar-refractivity contribution is 0.196. The van der Waals surface area contributed by atoms with Crippen molar-refractivity contribution in [3.05, 3.63) is 0 Å². The minimum Gasteiger partial charge on any atom is -0.322 e. The quantitative estimate of drug-likeness (QED) is 0.546. The fraction of sp³-hybridized carbons (Fsp3) is 0.833. The number of hydrogen-bond acceptors (Lipinski definition) is 5. The van der Waals surface area contributed by atoms with Crippen molar-refractivity contribution in [2.24, 2.45) is 0 Å². The van der Waals surface area contributed by atoms with Gasteiger partial charge in [-0.3, -0.25) is 0 Å². The van der Waals surface area contributed by atoms with Crippen molar-refractivity contribution in [1.29, 1.82) is 0 Å². The normalized spacial score (nSPS) is 37.1. The Bertz CT molecular complexity index is 508. The van der Waals surface area contributed by atoms with Crippen molar-refractivity contribution in [2.75, 3.05) is 18.6 Å². The van der Waals surface area contributed by atoms with Gasteiger partial charge in [0.15, 0.2) is 9.84 Å².